The molecule has 0 saturated carbocycles. The Morgan fingerprint density at radius 1 is 1.26 bits per heavy atom. The van der Waals surface area contributed by atoms with Gasteiger partial charge in [0.2, 0.25) is 5.82 Å². The predicted molar refractivity (Wildman–Crippen MR) is 67.9 cm³/mol. The largest absolute Gasteiger partial charge is 0.486 e. The van der Waals surface area contributed by atoms with Crippen LogP contribution in [0.3, 0.4) is 0 Å². The van der Waals surface area contributed by atoms with Gasteiger partial charge in [-0.2, -0.15) is 4.39 Å². The lowest BCUT2D eigenvalue weighted by Crippen LogP contribution is -2.25. The minimum Gasteiger partial charge on any atom is -0.486 e. The van der Waals surface area contributed by atoms with Crippen LogP contribution >= 0.6 is 0 Å². The molecule has 0 bridgehead atoms. The van der Waals surface area contributed by atoms with E-state index in [9.17, 15) is 8.78 Å². The van der Waals surface area contributed by atoms with Gasteiger partial charge in [0.25, 0.3) is 0 Å². The molecule has 0 fully saturated rings. The lowest BCUT2D eigenvalue weighted by atomic mass is 10.2. The molecule has 6 heteroatoms. The summed E-state index contributed by atoms with van der Waals surface area (Å²) in [6.07, 6.45) is -0.734. The average Bonchev–Trinajstić information content (AvgIpc) is 2.34. The number of anilines is 1. The van der Waals surface area contributed by atoms with Gasteiger partial charge in [0.1, 0.15) is 6.61 Å². The highest BCUT2D eigenvalue weighted by atomic mass is 19.2. The first kappa shape index (κ1) is 15.7. The quantitative estimate of drug-likeness (QED) is 0.614. The fourth-order valence-corrected chi connectivity index (χ4v) is 1.53. The Morgan fingerprint density at radius 3 is 2.58 bits per heavy atom. The van der Waals surface area contributed by atoms with Gasteiger partial charge in [-0.3, -0.25) is 0 Å². The van der Waals surface area contributed by atoms with Gasteiger partial charge in [0.15, 0.2) is 17.9 Å². The molecule has 2 atom stereocenters. The third kappa shape index (κ3) is 4.65. The van der Waals surface area contributed by atoms with Crippen LogP contribution in [0.5, 0.6) is 5.75 Å². The number of hydrogen-bond acceptors (Lipinski definition) is 4. The number of benzene rings is 1. The SMILES string of the molecule is CCO[C@@H](C)OC(C)COc1c(N)ccc(F)c1F. The van der Waals surface area contributed by atoms with Gasteiger partial charge in [-0.15, -0.1) is 0 Å². The third-order valence-corrected chi connectivity index (χ3v) is 2.37. The molecule has 2 N–H and O–H groups in total. The molecular weight excluding hydrogens is 256 g/mol. The maximum Gasteiger partial charge on any atom is 0.202 e. The van der Waals surface area contributed by atoms with Crippen LogP contribution in [0.15, 0.2) is 12.1 Å². The van der Waals surface area contributed by atoms with Crippen LogP contribution in [0, 0.1) is 11.6 Å². The summed E-state index contributed by atoms with van der Waals surface area (Å²) in [5.41, 5.74) is 5.57. The Kier molecular flexibility index (Phi) is 5.98. The first-order valence-electron chi connectivity index (χ1n) is 6.09. The zero-order valence-electron chi connectivity index (χ0n) is 11.3. The highest BCUT2D eigenvalue weighted by Gasteiger charge is 2.15. The lowest BCUT2D eigenvalue weighted by molar-refractivity contribution is -0.159. The summed E-state index contributed by atoms with van der Waals surface area (Å²) in [6.45, 7) is 5.91. The Labute approximate surface area is 111 Å². The van der Waals surface area contributed by atoms with Gasteiger partial charge >= 0.3 is 0 Å². The van der Waals surface area contributed by atoms with E-state index in [-0.39, 0.29) is 24.1 Å². The topological polar surface area (TPSA) is 53.7 Å². The van der Waals surface area contributed by atoms with E-state index < -0.39 is 17.9 Å². The molecule has 19 heavy (non-hydrogen) atoms. The van der Waals surface area contributed by atoms with E-state index in [0.29, 0.717) is 6.61 Å². The van der Waals surface area contributed by atoms with Crippen LogP contribution in [0.4, 0.5) is 14.5 Å². The highest BCUT2D eigenvalue weighted by molar-refractivity contribution is 5.53. The normalized spacial score (nSPS) is 14.2. The number of nitrogens with two attached hydrogens (primary N) is 1. The van der Waals surface area contributed by atoms with Gasteiger partial charge < -0.3 is 19.9 Å². The van der Waals surface area contributed by atoms with E-state index in [1.807, 2.05) is 6.92 Å². The molecule has 0 aliphatic carbocycles. The van der Waals surface area contributed by atoms with Crippen LogP contribution in [0.2, 0.25) is 0 Å². The molecular formula is C13H19F2NO3. The first-order chi connectivity index (χ1) is 8.95. The van der Waals surface area contributed by atoms with Crippen molar-refractivity contribution < 1.29 is 23.0 Å². The van der Waals surface area contributed by atoms with E-state index in [2.05, 4.69) is 0 Å². The second-order valence-electron chi connectivity index (χ2n) is 4.06. The van der Waals surface area contributed by atoms with E-state index in [1.165, 1.54) is 6.07 Å². The molecule has 0 amide bonds. The van der Waals surface area contributed by atoms with Crippen molar-refractivity contribution in [2.45, 2.75) is 33.2 Å². The van der Waals surface area contributed by atoms with Crippen molar-refractivity contribution in [3.05, 3.63) is 23.8 Å². The third-order valence-electron chi connectivity index (χ3n) is 2.37. The minimum absolute atomic E-state index is 0.0436. The van der Waals surface area contributed by atoms with Crippen molar-refractivity contribution >= 4 is 5.69 Å². The fourth-order valence-electron chi connectivity index (χ4n) is 1.53. The molecule has 108 valence electrons. The first-order valence-corrected chi connectivity index (χ1v) is 6.09. The molecule has 0 aliphatic rings. The summed E-state index contributed by atoms with van der Waals surface area (Å²) in [6, 6.07) is 2.21. The van der Waals surface area contributed by atoms with E-state index >= 15 is 0 Å². The maximum atomic E-state index is 13.5. The molecule has 1 aromatic carbocycles. The molecule has 1 unspecified atom stereocenters. The van der Waals surface area contributed by atoms with Gasteiger partial charge in [0, 0.05) is 6.61 Å². The van der Waals surface area contributed by atoms with Crippen LogP contribution in [-0.2, 0) is 9.47 Å². The Morgan fingerprint density at radius 2 is 1.95 bits per heavy atom. The average molecular weight is 275 g/mol. The Hall–Kier alpha value is -1.40. The second-order valence-corrected chi connectivity index (χ2v) is 4.06. The van der Waals surface area contributed by atoms with Crippen molar-refractivity contribution in [1.29, 1.82) is 0 Å². The predicted octanol–water partition coefficient (Wildman–Crippen LogP) is 2.71. The molecule has 1 rings (SSSR count). The van der Waals surface area contributed by atoms with E-state index in [0.717, 1.165) is 6.07 Å². The number of rotatable bonds is 7. The molecule has 0 spiro atoms. The highest BCUT2D eigenvalue weighted by Crippen LogP contribution is 2.27. The second kappa shape index (κ2) is 7.25. The summed E-state index contributed by atoms with van der Waals surface area (Å²) in [5, 5.41) is 0. The van der Waals surface area contributed by atoms with Crippen molar-refractivity contribution in [3.63, 3.8) is 0 Å². The lowest BCUT2D eigenvalue weighted by Gasteiger charge is -2.20. The van der Waals surface area contributed by atoms with Gasteiger partial charge in [-0.1, -0.05) is 0 Å². The van der Waals surface area contributed by atoms with Crippen LogP contribution in [0.25, 0.3) is 0 Å². The van der Waals surface area contributed by atoms with Crippen LogP contribution < -0.4 is 10.5 Å². The standard InChI is InChI=1S/C13H19F2NO3/c1-4-17-9(3)19-8(2)7-18-13-11(16)6-5-10(14)12(13)15/h5-6,8-9H,4,7,16H2,1-3H3/t8?,9-/m1/s1. The summed E-state index contributed by atoms with van der Waals surface area (Å²) in [7, 11) is 0. The summed E-state index contributed by atoms with van der Waals surface area (Å²) in [4.78, 5) is 0. The molecule has 4 nitrogen and oxygen atoms in total. The zero-order chi connectivity index (χ0) is 14.4. The number of nitrogen functional groups attached to an aromatic ring is 1. The molecule has 0 radical (unpaired) electrons. The van der Waals surface area contributed by atoms with Gasteiger partial charge in [-0.05, 0) is 32.9 Å². The van der Waals surface area contributed by atoms with Crippen LogP contribution in [0.1, 0.15) is 20.8 Å². The van der Waals surface area contributed by atoms with Crippen molar-refractivity contribution in [2.24, 2.45) is 0 Å². The molecule has 0 heterocycles. The van der Waals surface area contributed by atoms with Crippen molar-refractivity contribution in [1.82, 2.24) is 0 Å². The smallest absolute Gasteiger partial charge is 0.202 e. The Bertz CT molecular complexity index is 415. The number of ether oxygens (including phenoxy) is 3. The minimum atomic E-state index is -1.09. The van der Waals surface area contributed by atoms with Crippen molar-refractivity contribution in [3.8, 4) is 5.75 Å². The van der Waals surface area contributed by atoms with E-state index in [1.54, 1.807) is 13.8 Å². The molecule has 0 saturated heterocycles. The summed E-state index contributed by atoms with van der Waals surface area (Å²) in [5.74, 6) is -2.38. The number of halogens is 2. The monoisotopic (exact) mass is 275 g/mol. The molecule has 1 aromatic rings. The van der Waals surface area contributed by atoms with Crippen molar-refractivity contribution in [2.75, 3.05) is 18.9 Å². The summed E-state index contributed by atoms with van der Waals surface area (Å²) < 4.78 is 42.3. The molecule has 0 aromatic heterocycles. The van der Waals surface area contributed by atoms with Crippen LogP contribution in [-0.4, -0.2) is 25.6 Å². The Balaban J connectivity index is 2.55. The number of hydrogen-bond donors (Lipinski definition) is 1. The molecule has 0 aliphatic heterocycles. The van der Waals surface area contributed by atoms with E-state index in [4.69, 9.17) is 19.9 Å². The van der Waals surface area contributed by atoms with Gasteiger partial charge in [-0.25, -0.2) is 4.39 Å². The zero-order valence-corrected chi connectivity index (χ0v) is 11.3. The summed E-state index contributed by atoms with van der Waals surface area (Å²) >= 11 is 0. The van der Waals surface area contributed by atoms with Gasteiger partial charge in [0.05, 0.1) is 11.8 Å². The fraction of sp³-hybridized carbons (Fsp3) is 0.538. The maximum absolute atomic E-state index is 13.5.